The van der Waals surface area contributed by atoms with Gasteiger partial charge in [-0.15, -0.1) is 0 Å². The Hall–Kier alpha value is -1.02. The summed E-state index contributed by atoms with van der Waals surface area (Å²) in [6.45, 7) is 2.05. The topological polar surface area (TPSA) is 20.2 Å². The second kappa shape index (κ2) is 5.07. The molecule has 1 N–H and O–H groups in total. The van der Waals surface area contributed by atoms with Gasteiger partial charge in [-0.2, -0.15) is 0 Å². The van der Waals surface area contributed by atoms with Crippen molar-refractivity contribution in [3.63, 3.8) is 0 Å². The van der Waals surface area contributed by atoms with Crippen LogP contribution < -0.4 is 0 Å². The average molecular weight is 307 g/mol. The third kappa shape index (κ3) is 2.46. The van der Waals surface area contributed by atoms with E-state index in [1.165, 1.54) is 11.1 Å². The highest BCUT2D eigenvalue weighted by Crippen LogP contribution is 2.40. The van der Waals surface area contributed by atoms with Gasteiger partial charge >= 0.3 is 0 Å². The summed E-state index contributed by atoms with van der Waals surface area (Å²) in [5.41, 5.74) is 3.70. The molecule has 2 aromatic carbocycles. The third-order valence-electron chi connectivity index (χ3n) is 4.06. The quantitative estimate of drug-likeness (QED) is 0.854. The highest BCUT2D eigenvalue weighted by molar-refractivity contribution is 6.42. The molecular formula is C17H16Cl2O. The van der Waals surface area contributed by atoms with E-state index in [4.69, 9.17) is 23.2 Å². The lowest BCUT2D eigenvalue weighted by atomic mass is 9.88. The Morgan fingerprint density at radius 2 is 1.90 bits per heavy atom. The van der Waals surface area contributed by atoms with Crippen molar-refractivity contribution < 1.29 is 5.11 Å². The average Bonchev–Trinajstić information content (AvgIpc) is 2.72. The molecule has 1 aliphatic carbocycles. The Labute approximate surface area is 129 Å². The molecule has 0 aromatic heterocycles. The fourth-order valence-electron chi connectivity index (χ4n) is 2.99. The molecule has 0 saturated heterocycles. The molecule has 0 bridgehead atoms. The van der Waals surface area contributed by atoms with Crippen LogP contribution in [0.25, 0.3) is 0 Å². The molecule has 1 aliphatic rings. The van der Waals surface area contributed by atoms with Gasteiger partial charge in [0.1, 0.15) is 0 Å². The van der Waals surface area contributed by atoms with Gasteiger partial charge < -0.3 is 5.11 Å². The van der Waals surface area contributed by atoms with Gasteiger partial charge in [-0.3, -0.25) is 0 Å². The Bertz CT molecular complexity index is 666. The molecule has 3 heteroatoms. The molecule has 0 amide bonds. The van der Waals surface area contributed by atoms with Gasteiger partial charge in [-0.25, -0.2) is 0 Å². The summed E-state index contributed by atoms with van der Waals surface area (Å²) in [4.78, 5) is 0. The van der Waals surface area contributed by atoms with E-state index in [2.05, 4.69) is 25.1 Å². The molecule has 0 fully saturated rings. The first-order chi connectivity index (χ1) is 9.48. The molecule has 104 valence electrons. The molecular weight excluding hydrogens is 291 g/mol. The molecule has 0 saturated carbocycles. The van der Waals surface area contributed by atoms with Gasteiger partial charge in [0.15, 0.2) is 0 Å². The number of aliphatic hydroxyl groups is 1. The largest absolute Gasteiger partial charge is 0.385 e. The van der Waals surface area contributed by atoms with E-state index in [1.807, 2.05) is 12.1 Å². The maximum Gasteiger partial charge on any atom is 0.0942 e. The van der Waals surface area contributed by atoms with Crippen molar-refractivity contribution >= 4 is 23.2 Å². The summed E-state index contributed by atoms with van der Waals surface area (Å²) in [5.74, 6) is 0. The number of halogens is 2. The maximum absolute atomic E-state index is 11.0. The SMILES string of the molecule is Cc1ccc2c(c1)C(O)(Cc1ccc(Cl)c(Cl)c1)CC2. The van der Waals surface area contributed by atoms with E-state index in [9.17, 15) is 5.11 Å². The second-order valence-electron chi connectivity index (χ2n) is 5.62. The first-order valence-corrected chi connectivity index (χ1v) is 7.50. The molecule has 1 unspecified atom stereocenters. The van der Waals surface area contributed by atoms with E-state index in [0.717, 1.165) is 24.0 Å². The fourth-order valence-corrected chi connectivity index (χ4v) is 3.31. The second-order valence-corrected chi connectivity index (χ2v) is 6.43. The van der Waals surface area contributed by atoms with Gasteiger partial charge in [0.25, 0.3) is 0 Å². The first kappa shape index (κ1) is 13.9. The zero-order valence-corrected chi connectivity index (χ0v) is 12.8. The minimum Gasteiger partial charge on any atom is -0.385 e. The predicted octanol–water partition coefficient (Wildman–Crippen LogP) is 4.68. The standard InChI is InChI=1S/C17H16Cl2O/c1-11-2-4-13-6-7-17(20,14(13)8-11)10-12-3-5-15(18)16(19)9-12/h2-5,8-9,20H,6-7,10H2,1H3. The van der Waals surface area contributed by atoms with Crippen molar-refractivity contribution in [1.29, 1.82) is 0 Å². The van der Waals surface area contributed by atoms with Gasteiger partial charge in [-0.05, 0) is 48.6 Å². The van der Waals surface area contributed by atoms with Crippen LogP contribution in [0.15, 0.2) is 36.4 Å². The van der Waals surface area contributed by atoms with Crippen molar-refractivity contribution in [3.8, 4) is 0 Å². The van der Waals surface area contributed by atoms with Crippen LogP contribution >= 0.6 is 23.2 Å². The van der Waals surface area contributed by atoms with Crippen molar-refractivity contribution in [2.45, 2.75) is 31.8 Å². The summed E-state index contributed by atoms with van der Waals surface area (Å²) in [6.07, 6.45) is 2.25. The van der Waals surface area contributed by atoms with Crippen LogP contribution in [-0.2, 0) is 18.4 Å². The Morgan fingerprint density at radius 1 is 1.10 bits per heavy atom. The Morgan fingerprint density at radius 3 is 2.65 bits per heavy atom. The van der Waals surface area contributed by atoms with E-state index in [1.54, 1.807) is 6.07 Å². The summed E-state index contributed by atoms with van der Waals surface area (Å²) in [7, 11) is 0. The van der Waals surface area contributed by atoms with Crippen LogP contribution in [0, 0.1) is 6.92 Å². The molecule has 2 aromatic rings. The highest BCUT2D eigenvalue weighted by atomic mass is 35.5. The summed E-state index contributed by atoms with van der Waals surface area (Å²) >= 11 is 12.0. The number of hydrogen-bond acceptors (Lipinski definition) is 1. The maximum atomic E-state index is 11.0. The smallest absolute Gasteiger partial charge is 0.0942 e. The molecule has 1 atom stereocenters. The molecule has 0 radical (unpaired) electrons. The van der Waals surface area contributed by atoms with E-state index >= 15 is 0 Å². The molecule has 1 nitrogen and oxygen atoms in total. The van der Waals surface area contributed by atoms with Crippen LogP contribution in [0.5, 0.6) is 0 Å². The fraction of sp³-hybridized carbons (Fsp3) is 0.294. The molecule has 20 heavy (non-hydrogen) atoms. The monoisotopic (exact) mass is 306 g/mol. The number of benzene rings is 2. The normalized spacial score (nSPS) is 21.0. The van der Waals surface area contributed by atoms with Crippen LogP contribution in [0.1, 0.15) is 28.7 Å². The van der Waals surface area contributed by atoms with Crippen molar-refractivity contribution in [2.24, 2.45) is 0 Å². The van der Waals surface area contributed by atoms with Crippen molar-refractivity contribution in [1.82, 2.24) is 0 Å². The molecule has 0 aliphatic heterocycles. The zero-order valence-electron chi connectivity index (χ0n) is 11.3. The number of hydrogen-bond donors (Lipinski definition) is 1. The minimum atomic E-state index is -0.793. The van der Waals surface area contributed by atoms with Crippen LogP contribution in [0.2, 0.25) is 10.0 Å². The number of rotatable bonds is 2. The molecule has 0 heterocycles. The predicted molar refractivity (Wildman–Crippen MR) is 83.6 cm³/mol. The highest BCUT2D eigenvalue weighted by Gasteiger charge is 2.36. The molecule has 3 rings (SSSR count). The Kier molecular flexibility index (Phi) is 3.53. The van der Waals surface area contributed by atoms with Crippen molar-refractivity contribution in [2.75, 3.05) is 0 Å². The Balaban J connectivity index is 1.95. The van der Waals surface area contributed by atoms with E-state index in [0.29, 0.717) is 16.5 Å². The third-order valence-corrected chi connectivity index (χ3v) is 4.79. The van der Waals surface area contributed by atoms with Crippen LogP contribution in [-0.4, -0.2) is 5.11 Å². The van der Waals surface area contributed by atoms with Crippen LogP contribution in [0.3, 0.4) is 0 Å². The summed E-state index contributed by atoms with van der Waals surface area (Å²) < 4.78 is 0. The van der Waals surface area contributed by atoms with Gasteiger partial charge in [0.2, 0.25) is 0 Å². The molecule has 0 spiro atoms. The van der Waals surface area contributed by atoms with Crippen LogP contribution in [0.4, 0.5) is 0 Å². The van der Waals surface area contributed by atoms with E-state index in [-0.39, 0.29) is 0 Å². The van der Waals surface area contributed by atoms with Gasteiger partial charge in [-0.1, -0.05) is 53.0 Å². The minimum absolute atomic E-state index is 0.537. The summed E-state index contributed by atoms with van der Waals surface area (Å²) in [6, 6.07) is 11.9. The number of fused-ring (bicyclic) bond motifs is 1. The zero-order chi connectivity index (χ0) is 14.3. The first-order valence-electron chi connectivity index (χ1n) is 6.74. The lowest BCUT2D eigenvalue weighted by Gasteiger charge is -2.24. The van der Waals surface area contributed by atoms with Gasteiger partial charge in [0.05, 0.1) is 15.6 Å². The summed E-state index contributed by atoms with van der Waals surface area (Å²) in [5, 5.41) is 12.1. The lowest BCUT2D eigenvalue weighted by Crippen LogP contribution is -2.25. The van der Waals surface area contributed by atoms with E-state index < -0.39 is 5.60 Å². The van der Waals surface area contributed by atoms with Gasteiger partial charge in [0, 0.05) is 6.42 Å². The lowest BCUT2D eigenvalue weighted by molar-refractivity contribution is 0.0389. The van der Waals surface area contributed by atoms with Crippen molar-refractivity contribution in [3.05, 3.63) is 68.7 Å². The number of aryl methyl sites for hydroxylation is 2.